The Bertz CT molecular complexity index is 740. The summed E-state index contributed by atoms with van der Waals surface area (Å²) in [6.45, 7) is 8.12. The van der Waals surface area contributed by atoms with Crippen molar-refractivity contribution in [3.05, 3.63) is 18.2 Å². The highest BCUT2D eigenvalue weighted by Gasteiger charge is 2.51. The van der Waals surface area contributed by atoms with Gasteiger partial charge < -0.3 is 14.0 Å². The van der Waals surface area contributed by atoms with Crippen LogP contribution in [0.15, 0.2) is 22.6 Å². The Labute approximate surface area is 151 Å². The summed E-state index contributed by atoms with van der Waals surface area (Å²) in [5.74, 6) is 1.96. The molecule has 0 N–H and O–H groups in total. The molecule has 0 bridgehead atoms. The standard InChI is InChI=1S/C18H28BNO4S/c1-17(2)18(3,4)24-19(23-17)14-9-10-15(16(13-14)22-5)20-25(21)11-7-6-8-12-25/h9-10,13H,6-8,11-12H2,1-5H3. The minimum absolute atomic E-state index is 0.390. The van der Waals surface area contributed by atoms with Crippen LogP contribution in [0.5, 0.6) is 5.75 Å². The van der Waals surface area contributed by atoms with Crippen molar-refractivity contribution >= 4 is 28.0 Å². The molecule has 2 heterocycles. The van der Waals surface area contributed by atoms with Crippen molar-refractivity contribution < 1.29 is 18.3 Å². The van der Waals surface area contributed by atoms with Crippen LogP contribution in [0.2, 0.25) is 0 Å². The number of ether oxygens (including phenoxy) is 1. The van der Waals surface area contributed by atoms with Crippen molar-refractivity contribution in [1.29, 1.82) is 0 Å². The van der Waals surface area contributed by atoms with E-state index in [9.17, 15) is 4.21 Å². The third kappa shape index (κ3) is 3.73. The van der Waals surface area contributed by atoms with Gasteiger partial charge >= 0.3 is 7.12 Å². The second kappa shape index (κ2) is 6.60. The topological polar surface area (TPSA) is 57.1 Å². The molecule has 0 aliphatic carbocycles. The Balaban J connectivity index is 1.91. The maximum atomic E-state index is 12.9. The minimum Gasteiger partial charge on any atom is -0.494 e. The first kappa shape index (κ1) is 18.7. The summed E-state index contributed by atoms with van der Waals surface area (Å²) in [7, 11) is -1.00. The van der Waals surface area contributed by atoms with E-state index in [0.717, 1.165) is 24.7 Å². The van der Waals surface area contributed by atoms with Crippen molar-refractivity contribution in [3.8, 4) is 5.75 Å². The molecule has 0 spiro atoms. The molecule has 1 aromatic rings. The number of methoxy groups -OCH3 is 1. The van der Waals surface area contributed by atoms with Gasteiger partial charge in [0.25, 0.3) is 0 Å². The number of hydrogen-bond acceptors (Lipinski definition) is 5. The average molecular weight is 365 g/mol. The van der Waals surface area contributed by atoms with E-state index in [2.05, 4.69) is 4.36 Å². The molecule has 138 valence electrons. The van der Waals surface area contributed by atoms with Crippen molar-refractivity contribution in [3.63, 3.8) is 0 Å². The van der Waals surface area contributed by atoms with E-state index < -0.39 is 16.8 Å². The van der Waals surface area contributed by atoms with Gasteiger partial charge in [0.1, 0.15) is 11.4 Å². The zero-order valence-corrected chi connectivity index (χ0v) is 16.6. The van der Waals surface area contributed by atoms with Crippen molar-refractivity contribution in [2.75, 3.05) is 18.6 Å². The fraction of sp³-hybridized carbons (Fsp3) is 0.667. The summed E-state index contributed by atoms with van der Waals surface area (Å²) >= 11 is 0. The predicted octanol–water partition coefficient (Wildman–Crippen LogP) is 3.28. The van der Waals surface area contributed by atoms with Gasteiger partial charge in [0.2, 0.25) is 0 Å². The SMILES string of the molecule is COc1cc(B2OC(C)(C)C(C)(C)O2)ccc1N=S1(=O)CCCCC1. The molecule has 0 atom stereocenters. The van der Waals surface area contributed by atoms with Crippen LogP contribution in [0.3, 0.4) is 0 Å². The van der Waals surface area contributed by atoms with Gasteiger partial charge in [-0.3, -0.25) is 0 Å². The largest absolute Gasteiger partial charge is 0.494 e. The molecule has 0 amide bonds. The molecule has 7 heteroatoms. The maximum Gasteiger partial charge on any atom is 0.494 e. The van der Waals surface area contributed by atoms with Crippen LogP contribution in [-0.4, -0.2) is 41.1 Å². The number of rotatable bonds is 3. The monoisotopic (exact) mass is 365 g/mol. The van der Waals surface area contributed by atoms with E-state index in [1.165, 1.54) is 0 Å². The maximum absolute atomic E-state index is 12.9. The molecule has 25 heavy (non-hydrogen) atoms. The summed E-state index contributed by atoms with van der Waals surface area (Å²) in [5.41, 5.74) is 0.751. The summed E-state index contributed by atoms with van der Waals surface area (Å²) in [4.78, 5) is 0. The Morgan fingerprint density at radius 2 is 1.68 bits per heavy atom. The van der Waals surface area contributed by atoms with Gasteiger partial charge in [0.05, 0.1) is 28.0 Å². The first-order valence-corrected chi connectivity index (χ1v) is 10.8. The van der Waals surface area contributed by atoms with Crippen LogP contribution in [0.1, 0.15) is 47.0 Å². The number of hydrogen-bond donors (Lipinski definition) is 0. The lowest BCUT2D eigenvalue weighted by Crippen LogP contribution is -2.41. The third-order valence-electron chi connectivity index (χ3n) is 5.42. The Hall–Kier alpha value is -1.05. The fourth-order valence-electron chi connectivity index (χ4n) is 3.10. The third-order valence-corrected chi connectivity index (χ3v) is 7.80. The zero-order valence-electron chi connectivity index (χ0n) is 15.8. The molecule has 5 nitrogen and oxygen atoms in total. The Kier molecular flexibility index (Phi) is 4.94. The van der Waals surface area contributed by atoms with Crippen LogP contribution in [0.4, 0.5) is 5.69 Å². The number of benzene rings is 1. The lowest BCUT2D eigenvalue weighted by atomic mass is 9.79. The van der Waals surface area contributed by atoms with Crippen LogP contribution < -0.4 is 10.2 Å². The molecule has 2 aliphatic heterocycles. The zero-order chi connectivity index (χ0) is 18.3. The molecule has 0 radical (unpaired) electrons. The summed E-state index contributed by atoms with van der Waals surface area (Å²) < 4.78 is 35.1. The predicted molar refractivity (Wildman–Crippen MR) is 103 cm³/mol. The molecular formula is C18H28BNO4S. The van der Waals surface area contributed by atoms with Crippen LogP contribution >= 0.6 is 0 Å². The highest BCUT2D eigenvalue weighted by atomic mass is 32.2. The van der Waals surface area contributed by atoms with Gasteiger partial charge in [0, 0.05) is 11.5 Å². The van der Waals surface area contributed by atoms with Crippen molar-refractivity contribution in [2.45, 2.75) is 58.2 Å². The molecule has 2 fully saturated rings. The van der Waals surface area contributed by atoms with E-state index in [0.29, 0.717) is 22.9 Å². The lowest BCUT2D eigenvalue weighted by Gasteiger charge is -2.32. The van der Waals surface area contributed by atoms with Crippen molar-refractivity contribution in [2.24, 2.45) is 4.36 Å². The van der Waals surface area contributed by atoms with Crippen LogP contribution in [0.25, 0.3) is 0 Å². The molecule has 0 saturated carbocycles. The highest BCUT2D eigenvalue weighted by Crippen LogP contribution is 2.37. The van der Waals surface area contributed by atoms with E-state index >= 15 is 0 Å². The Morgan fingerprint density at radius 1 is 1.08 bits per heavy atom. The van der Waals surface area contributed by atoms with Gasteiger partial charge in [-0.05, 0) is 58.1 Å². The van der Waals surface area contributed by atoms with Crippen LogP contribution in [0, 0.1) is 0 Å². The molecule has 3 rings (SSSR count). The number of nitrogens with zero attached hydrogens (tertiary/aromatic N) is 1. The molecule has 0 unspecified atom stereocenters. The summed E-state index contributed by atoms with van der Waals surface area (Å²) in [6.07, 6.45) is 3.11. The van der Waals surface area contributed by atoms with Gasteiger partial charge in [-0.25, -0.2) is 4.21 Å². The summed E-state index contributed by atoms with van der Waals surface area (Å²) in [6, 6.07) is 5.67. The normalized spacial score (nSPS) is 24.1. The van der Waals surface area contributed by atoms with Crippen LogP contribution in [-0.2, 0) is 19.0 Å². The fourth-order valence-corrected chi connectivity index (χ4v) is 5.31. The first-order chi connectivity index (χ1) is 11.7. The molecular weight excluding hydrogens is 337 g/mol. The van der Waals surface area contributed by atoms with Gasteiger partial charge in [-0.1, -0.05) is 12.5 Å². The smallest absolute Gasteiger partial charge is 0.494 e. The van der Waals surface area contributed by atoms with E-state index in [1.807, 2.05) is 45.9 Å². The van der Waals surface area contributed by atoms with Crippen molar-refractivity contribution in [1.82, 2.24) is 0 Å². The van der Waals surface area contributed by atoms with E-state index in [-0.39, 0.29) is 11.2 Å². The Morgan fingerprint density at radius 3 is 2.24 bits per heavy atom. The lowest BCUT2D eigenvalue weighted by molar-refractivity contribution is 0.00578. The molecule has 2 saturated heterocycles. The highest BCUT2D eigenvalue weighted by molar-refractivity contribution is 7.93. The molecule has 1 aromatic carbocycles. The van der Waals surface area contributed by atoms with Gasteiger partial charge in [-0.15, -0.1) is 0 Å². The second-order valence-corrected chi connectivity index (χ2v) is 10.4. The molecule has 0 aromatic heterocycles. The van der Waals surface area contributed by atoms with E-state index in [4.69, 9.17) is 14.0 Å². The minimum atomic E-state index is -2.16. The summed E-state index contributed by atoms with van der Waals surface area (Å²) in [5, 5.41) is 0. The van der Waals surface area contributed by atoms with Gasteiger partial charge in [-0.2, -0.15) is 4.36 Å². The average Bonchev–Trinajstić information content (AvgIpc) is 2.76. The van der Waals surface area contributed by atoms with E-state index in [1.54, 1.807) is 7.11 Å². The first-order valence-electron chi connectivity index (χ1n) is 8.92. The second-order valence-electron chi connectivity index (χ2n) is 7.85. The van der Waals surface area contributed by atoms with Gasteiger partial charge in [0.15, 0.2) is 0 Å². The quantitative estimate of drug-likeness (QED) is 0.772. The molecule has 2 aliphatic rings.